The Kier molecular flexibility index (Phi) is 1.29. The lowest BCUT2D eigenvalue weighted by molar-refractivity contribution is -0.138. The summed E-state index contributed by atoms with van der Waals surface area (Å²) in [6, 6.07) is 1.31. The number of fused-ring (bicyclic) bond motifs is 3. The fourth-order valence-electron chi connectivity index (χ4n) is 2.99. The van der Waals surface area contributed by atoms with Crippen LogP contribution in [0.15, 0.2) is 0 Å². The van der Waals surface area contributed by atoms with Gasteiger partial charge in [-0.1, -0.05) is 0 Å². The van der Waals surface area contributed by atoms with Crippen molar-refractivity contribution in [3.63, 3.8) is 0 Å². The van der Waals surface area contributed by atoms with Gasteiger partial charge < -0.3 is 4.90 Å². The minimum Gasteiger partial charge on any atom is -0.336 e. The SMILES string of the molecule is O=C1CCC[C@@H]2CC[C@@H]3C[C@@H]3N12. The van der Waals surface area contributed by atoms with Crippen LogP contribution in [0.4, 0.5) is 0 Å². The van der Waals surface area contributed by atoms with E-state index in [0.717, 1.165) is 18.8 Å². The molecular weight excluding hydrogens is 150 g/mol. The molecule has 0 radical (unpaired) electrons. The molecule has 0 aromatic carbocycles. The molecule has 3 aliphatic rings. The highest BCUT2D eigenvalue weighted by Gasteiger charge is 2.50. The quantitative estimate of drug-likeness (QED) is 0.533. The largest absolute Gasteiger partial charge is 0.336 e. The Morgan fingerprint density at radius 2 is 2.17 bits per heavy atom. The third-order valence-corrected chi connectivity index (χ3v) is 3.72. The summed E-state index contributed by atoms with van der Waals surface area (Å²) in [5, 5.41) is 0. The number of nitrogens with zero attached hydrogens (tertiary/aromatic N) is 1. The van der Waals surface area contributed by atoms with E-state index in [2.05, 4.69) is 4.90 Å². The van der Waals surface area contributed by atoms with Crippen molar-refractivity contribution in [2.24, 2.45) is 5.92 Å². The molecule has 3 rings (SSSR count). The Labute approximate surface area is 72.9 Å². The lowest BCUT2D eigenvalue weighted by Crippen LogP contribution is -2.47. The zero-order valence-corrected chi connectivity index (χ0v) is 7.33. The van der Waals surface area contributed by atoms with Crippen molar-refractivity contribution in [2.45, 2.75) is 50.6 Å². The highest BCUT2D eigenvalue weighted by atomic mass is 16.2. The van der Waals surface area contributed by atoms with Crippen LogP contribution >= 0.6 is 0 Å². The zero-order valence-electron chi connectivity index (χ0n) is 7.33. The van der Waals surface area contributed by atoms with E-state index in [-0.39, 0.29) is 0 Å². The van der Waals surface area contributed by atoms with Crippen molar-refractivity contribution in [2.75, 3.05) is 0 Å². The van der Waals surface area contributed by atoms with E-state index >= 15 is 0 Å². The molecule has 3 atom stereocenters. The van der Waals surface area contributed by atoms with E-state index in [9.17, 15) is 4.79 Å². The lowest BCUT2D eigenvalue weighted by Gasteiger charge is -2.39. The van der Waals surface area contributed by atoms with Crippen LogP contribution in [-0.4, -0.2) is 22.9 Å². The smallest absolute Gasteiger partial charge is 0.223 e. The predicted molar refractivity (Wildman–Crippen MR) is 45.6 cm³/mol. The Morgan fingerprint density at radius 3 is 3.08 bits per heavy atom. The van der Waals surface area contributed by atoms with Crippen molar-refractivity contribution in [3.8, 4) is 0 Å². The van der Waals surface area contributed by atoms with Gasteiger partial charge in [-0.3, -0.25) is 4.79 Å². The van der Waals surface area contributed by atoms with Gasteiger partial charge in [-0.05, 0) is 38.0 Å². The fraction of sp³-hybridized carbons (Fsp3) is 0.900. The molecule has 1 aliphatic carbocycles. The van der Waals surface area contributed by atoms with E-state index in [0.29, 0.717) is 18.0 Å². The van der Waals surface area contributed by atoms with Crippen LogP contribution in [0.1, 0.15) is 38.5 Å². The molecule has 1 amide bonds. The second-order valence-corrected chi connectivity index (χ2v) is 4.49. The molecule has 0 N–H and O–H groups in total. The summed E-state index contributed by atoms with van der Waals surface area (Å²) in [6.45, 7) is 0. The van der Waals surface area contributed by atoms with Crippen LogP contribution in [0.5, 0.6) is 0 Å². The van der Waals surface area contributed by atoms with Crippen molar-refractivity contribution < 1.29 is 4.79 Å². The second-order valence-electron chi connectivity index (χ2n) is 4.49. The maximum atomic E-state index is 11.6. The highest BCUT2D eigenvalue weighted by Crippen LogP contribution is 2.47. The van der Waals surface area contributed by atoms with E-state index in [1.807, 2.05) is 0 Å². The van der Waals surface area contributed by atoms with Gasteiger partial charge in [0, 0.05) is 18.5 Å². The molecule has 1 saturated carbocycles. The maximum Gasteiger partial charge on any atom is 0.223 e. The minimum atomic E-state index is 0.443. The van der Waals surface area contributed by atoms with Crippen LogP contribution in [-0.2, 0) is 4.79 Å². The van der Waals surface area contributed by atoms with Gasteiger partial charge in [0.15, 0.2) is 0 Å². The first-order chi connectivity index (χ1) is 5.86. The predicted octanol–water partition coefficient (Wildman–Crippen LogP) is 1.55. The molecule has 0 unspecified atom stereocenters. The Hall–Kier alpha value is -0.530. The van der Waals surface area contributed by atoms with Crippen molar-refractivity contribution in [1.29, 1.82) is 0 Å². The van der Waals surface area contributed by atoms with Gasteiger partial charge in [-0.2, -0.15) is 0 Å². The molecule has 2 saturated heterocycles. The van der Waals surface area contributed by atoms with Gasteiger partial charge >= 0.3 is 0 Å². The molecule has 2 heterocycles. The molecule has 2 nitrogen and oxygen atoms in total. The lowest BCUT2D eigenvalue weighted by atomic mass is 9.93. The maximum absolute atomic E-state index is 11.6. The van der Waals surface area contributed by atoms with E-state index in [1.54, 1.807) is 0 Å². The summed E-state index contributed by atoms with van der Waals surface area (Å²) < 4.78 is 0. The first kappa shape index (κ1) is 6.93. The van der Waals surface area contributed by atoms with Gasteiger partial charge in [0.05, 0.1) is 0 Å². The number of piperidine rings is 2. The van der Waals surface area contributed by atoms with Crippen molar-refractivity contribution >= 4 is 5.91 Å². The minimum absolute atomic E-state index is 0.443. The van der Waals surface area contributed by atoms with Crippen LogP contribution in [0.25, 0.3) is 0 Å². The summed E-state index contributed by atoms with van der Waals surface area (Å²) >= 11 is 0. The van der Waals surface area contributed by atoms with Crippen molar-refractivity contribution in [1.82, 2.24) is 4.90 Å². The number of carbonyl (C=O) groups is 1. The molecule has 0 aromatic heterocycles. The molecular formula is C10H15NO. The van der Waals surface area contributed by atoms with Crippen LogP contribution < -0.4 is 0 Å². The van der Waals surface area contributed by atoms with Gasteiger partial charge in [-0.25, -0.2) is 0 Å². The number of amides is 1. The van der Waals surface area contributed by atoms with Gasteiger partial charge in [0.25, 0.3) is 0 Å². The number of carbonyl (C=O) groups excluding carboxylic acids is 1. The summed E-state index contributed by atoms with van der Waals surface area (Å²) in [5.74, 6) is 1.33. The molecule has 2 heteroatoms. The summed E-state index contributed by atoms with van der Waals surface area (Å²) in [6.07, 6.45) is 7.21. The number of rotatable bonds is 0. The van der Waals surface area contributed by atoms with Gasteiger partial charge in [-0.15, -0.1) is 0 Å². The summed E-state index contributed by atoms with van der Waals surface area (Å²) in [7, 11) is 0. The van der Waals surface area contributed by atoms with E-state index in [1.165, 1.54) is 25.7 Å². The van der Waals surface area contributed by atoms with Crippen molar-refractivity contribution in [3.05, 3.63) is 0 Å². The van der Waals surface area contributed by atoms with Crippen LogP contribution in [0.3, 0.4) is 0 Å². The second kappa shape index (κ2) is 2.24. The highest BCUT2D eigenvalue weighted by molar-refractivity contribution is 5.78. The first-order valence-electron chi connectivity index (χ1n) is 5.17. The Balaban J connectivity index is 1.84. The van der Waals surface area contributed by atoms with Crippen LogP contribution in [0, 0.1) is 5.92 Å². The van der Waals surface area contributed by atoms with E-state index in [4.69, 9.17) is 0 Å². The average Bonchev–Trinajstić information content (AvgIpc) is 2.82. The molecule has 12 heavy (non-hydrogen) atoms. The molecule has 0 spiro atoms. The third kappa shape index (κ3) is 0.838. The van der Waals surface area contributed by atoms with Crippen LogP contribution in [0.2, 0.25) is 0 Å². The normalized spacial score (nSPS) is 45.2. The Morgan fingerprint density at radius 1 is 1.25 bits per heavy atom. The zero-order chi connectivity index (χ0) is 8.13. The Bertz CT molecular complexity index is 226. The summed E-state index contributed by atoms with van der Waals surface area (Å²) in [4.78, 5) is 13.8. The van der Waals surface area contributed by atoms with E-state index < -0.39 is 0 Å². The molecule has 0 aromatic rings. The van der Waals surface area contributed by atoms with Gasteiger partial charge in [0.2, 0.25) is 5.91 Å². The number of hydrogen-bond donors (Lipinski definition) is 0. The molecule has 0 bridgehead atoms. The van der Waals surface area contributed by atoms with Gasteiger partial charge in [0.1, 0.15) is 0 Å². The average molecular weight is 165 g/mol. The standard InChI is InChI=1S/C10H15NO/c12-10-3-1-2-8-5-4-7-6-9(7)11(8)10/h7-9H,1-6H2/t7-,8-,9+/m1/s1. The third-order valence-electron chi connectivity index (χ3n) is 3.72. The molecule has 3 fully saturated rings. The first-order valence-corrected chi connectivity index (χ1v) is 5.17. The summed E-state index contributed by atoms with van der Waals surface area (Å²) in [5.41, 5.74) is 0. The number of hydrogen-bond acceptors (Lipinski definition) is 1. The monoisotopic (exact) mass is 165 g/mol. The molecule has 66 valence electrons. The topological polar surface area (TPSA) is 20.3 Å². The fourth-order valence-corrected chi connectivity index (χ4v) is 2.99. The molecule has 2 aliphatic heterocycles.